The summed E-state index contributed by atoms with van der Waals surface area (Å²) in [6, 6.07) is 8.73. The van der Waals surface area contributed by atoms with Gasteiger partial charge in [0.05, 0.1) is 0 Å². The first-order valence-corrected chi connectivity index (χ1v) is 15.2. The van der Waals surface area contributed by atoms with Crippen LogP contribution in [0.1, 0.15) is 130 Å². The molecule has 0 unspecified atom stereocenters. The maximum atomic E-state index is 12.8. The zero-order valence-corrected chi connectivity index (χ0v) is 25.0. The van der Waals surface area contributed by atoms with E-state index in [1.54, 1.807) is 20.8 Å². The van der Waals surface area contributed by atoms with Gasteiger partial charge in [-0.3, -0.25) is 9.59 Å². The van der Waals surface area contributed by atoms with E-state index < -0.39 is 17.7 Å². The number of benzene rings is 1. The third-order valence-electron chi connectivity index (χ3n) is 6.45. The number of ether oxygens (including phenoxy) is 2. The van der Waals surface area contributed by atoms with Crippen molar-refractivity contribution in [3.8, 4) is 0 Å². The van der Waals surface area contributed by atoms with Gasteiger partial charge in [-0.2, -0.15) is 0 Å². The summed E-state index contributed by atoms with van der Waals surface area (Å²) in [6.07, 6.45) is 15.4. The normalized spacial score (nSPS) is 12.0. The summed E-state index contributed by atoms with van der Waals surface area (Å²) in [7, 11) is 0. The Hall–Kier alpha value is -2.57. The number of unbranched alkanes of at least 4 members (excludes halogenated alkanes) is 11. The molecule has 7 nitrogen and oxygen atoms in total. The number of esters is 1. The molecule has 0 aliphatic rings. The van der Waals surface area contributed by atoms with Gasteiger partial charge in [0.15, 0.2) is 0 Å². The van der Waals surface area contributed by atoms with Crippen LogP contribution in [0.25, 0.3) is 0 Å². The molecule has 0 fully saturated rings. The van der Waals surface area contributed by atoms with E-state index in [-0.39, 0.29) is 24.9 Å². The van der Waals surface area contributed by atoms with Crippen LogP contribution in [0, 0.1) is 0 Å². The molecule has 7 heteroatoms. The molecule has 1 aromatic carbocycles. The van der Waals surface area contributed by atoms with E-state index in [9.17, 15) is 14.4 Å². The number of hydrogen-bond donors (Lipinski definition) is 2. The van der Waals surface area contributed by atoms with Crippen molar-refractivity contribution in [2.75, 3.05) is 6.54 Å². The number of rotatable bonds is 21. The Bertz CT molecular complexity index is 791. The average Bonchev–Trinajstić information content (AvgIpc) is 2.89. The number of amides is 2. The van der Waals surface area contributed by atoms with Gasteiger partial charge in [-0.05, 0) is 45.6 Å². The molecule has 39 heavy (non-hydrogen) atoms. The summed E-state index contributed by atoms with van der Waals surface area (Å²) >= 11 is 0. The summed E-state index contributed by atoms with van der Waals surface area (Å²) in [4.78, 5) is 37.3. The largest absolute Gasteiger partial charge is 0.461 e. The summed E-state index contributed by atoms with van der Waals surface area (Å²) in [6.45, 7) is 8.37. The number of nitrogens with one attached hydrogen (secondary N) is 2. The van der Waals surface area contributed by atoms with E-state index in [0.29, 0.717) is 19.4 Å². The Balaban J connectivity index is 2.30. The molecule has 0 radical (unpaired) electrons. The van der Waals surface area contributed by atoms with Crippen molar-refractivity contribution in [3.05, 3.63) is 35.9 Å². The van der Waals surface area contributed by atoms with Crippen molar-refractivity contribution in [1.29, 1.82) is 0 Å². The van der Waals surface area contributed by atoms with Crippen molar-refractivity contribution in [2.24, 2.45) is 0 Å². The summed E-state index contributed by atoms with van der Waals surface area (Å²) < 4.78 is 10.7. The van der Waals surface area contributed by atoms with Crippen LogP contribution < -0.4 is 10.6 Å². The average molecular weight is 547 g/mol. The number of alkyl carbamates (subject to hydrolysis) is 1. The van der Waals surface area contributed by atoms with E-state index in [0.717, 1.165) is 18.4 Å². The van der Waals surface area contributed by atoms with Gasteiger partial charge in [-0.15, -0.1) is 0 Å². The van der Waals surface area contributed by atoms with Gasteiger partial charge in [-0.1, -0.05) is 108 Å². The van der Waals surface area contributed by atoms with Crippen LogP contribution in [0.4, 0.5) is 4.79 Å². The Morgan fingerprint density at radius 3 is 1.92 bits per heavy atom. The fraction of sp³-hybridized carbons (Fsp3) is 0.719. The minimum Gasteiger partial charge on any atom is -0.461 e. The molecule has 1 atom stereocenters. The van der Waals surface area contributed by atoms with Crippen LogP contribution in [0.3, 0.4) is 0 Å². The lowest BCUT2D eigenvalue weighted by Gasteiger charge is -2.23. The van der Waals surface area contributed by atoms with Crippen molar-refractivity contribution in [2.45, 2.75) is 142 Å². The van der Waals surface area contributed by atoms with Gasteiger partial charge < -0.3 is 20.1 Å². The zero-order chi connectivity index (χ0) is 28.8. The third kappa shape index (κ3) is 20.1. The molecule has 1 rings (SSSR count). The van der Waals surface area contributed by atoms with E-state index in [4.69, 9.17) is 9.47 Å². The highest BCUT2D eigenvalue weighted by molar-refractivity contribution is 5.85. The molecule has 0 bridgehead atoms. The standard InChI is InChI=1S/C32H54N2O5/c1-5-6-7-8-9-10-11-12-13-14-15-19-25-33-30(36)28(34-31(37)39-32(2,3)4)23-20-24-29(35)38-26-27-21-17-16-18-22-27/h16-18,21-22,28H,5-15,19-20,23-26H2,1-4H3,(H,33,36)(H,34,37)/t28-/m0/s1. The number of carbonyl (C=O) groups is 3. The highest BCUT2D eigenvalue weighted by Gasteiger charge is 2.24. The number of hydrogen-bond acceptors (Lipinski definition) is 5. The first kappa shape index (κ1) is 34.5. The Morgan fingerprint density at radius 2 is 1.36 bits per heavy atom. The predicted octanol–water partition coefficient (Wildman–Crippen LogP) is 7.61. The predicted molar refractivity (Wildman–Crippen MR) is 157 cm³/mol. The van der Waals surface area contributed by atoms with Crippen molar-refractivity contribution >= 4 is 18.0 Å². The van der Waals surface area contributed by atoms with E-state index in [1.807, 2.05) is 30.3 Å². The van der Waals surface area contributed by atoms with E-state index >= 15 is 0 Å². The minimum absolute atomic E-state index is 0.172. The molecule has 0 spiro atoms. The van der Waals surface area contributed by atoms with Gasteiger partial charge >= 0.3 is 12.1 Å². The lowest BCUT2D eigenvalue weighted by molar-refractivity contribution is -0.145. The maximum Gasteiger partial charge on any atom is 0.408 e. The third-order valence-corrected chi connectivity index (χ3v) is 6.45. The van der Waals surface area contributed by atoms with Crippen LogP contribution in [0.15, 0.2) is 30.3 Å². The smallest absolute Gasteiger partial charge is 0.408 e. The van der Waals surface area contributed by atoms with Gasteiger partial charge in [0, 0.05) is 13.0 Å². The van der Waals surface area contributed by atoms with Crippen LogP contribution >= 0.6 is 0 Å². The second-order valence-electron chi connectivity index (χ2n) is 11.4. The molecule has 0 heterocycles. The molecular formula is C32H54N2O5. The van der Waals surface area contributed by atoms with Crippen LogP contribution in [-0.4, -0.2) is 36.2 Å². The Morgan fingerprint density at radius 1 is 0.795 bits per heavy atom. The van der Waals surface area contributed by atoms with Crippen LogP contribution in [0.5, 0.6) is 0 Å². The zero-order valence-electron chi connectivity index (χ0n) is 25.0. The lowest BCUT2D eigenvalue weighted by Crippen LogP contribution is -2.48. The minimum atomic E-state index is -0.765. The summed E-state index contributed by atoms with van der Waals surface area (Å²) in [5.74, 6) is -0.576. The van der Waals surface area contributed by atoms with Crippen LogP contribution in [-0.2, 0) is 25.7 Å². The summed E-state index contributed by atoms with van der Waals surface area (Å²) in [5.41, 5.74) is 0.258. The molecule has 1 aromatic rings. The van der Waals surface area contributed by atoms with Crippen molar-refractivity contribution in [1.82, 2.24) is 10.6 Å². The highest BCUT2D eigenvalue weighted by atomic mass is 16.6. The number of carbonyl (C=O) groups excluding carboxylic acids is 3. The monoisotopic (exact) mass is 546 g/mol. The second-order valence-corrected chi connectivity index (χ2v) is 11.4. The van der Waals surface area contributed by atoms with Crippen molar-refractivity contribution in [3.63, 3.8) is 0 Å². The second kappa shape index (κ2) is 21.3. The summed E-state index contributed by atoms with van der Waals surface area (Å²) in [5, 5.41) is 5.62. The topological polar surface area (TPSA) is 93.7 Å². The Kier molecular flexibility index (Phi) is 18.8. The van der Waals surface area contributed by atoms with Gasteiger partial charge in [0.25, 0.3) is 0 Å². The van der Waals surface area contributed by atoms with Gasteiger partial charge in [0.2, 0.25) is 5.91 Å². The molecule has 0 saturated carbocycles. The molecule has 2 N–H and O–H groups in total. The lowest BCUT2D eigenvalue weighted by atomic mass is 10.1. The molecule has 0 saturated heterocycles. The SMILES string of the molecule is CCCCCCCCCCCCCCNC(=O)[C@H](CCCC(=O)OCc1ccccc1)NC(=O)OC(C)(C)C. The fourth-order valence-corrected chi connectivity index (χ4v) is 4.28. The van der Waals surface area contributed by atoms with E-state index in [1.165, 1.54) is 64.2 Å². The first-order valence-electron chi connectivity index (χ1n) is 15.2. The maximum absolute atomic E-state index is 12.8. The molecule has 0 aliphatic carbocycles. The Labute approximate surface area is 237 Å². The quantitative estimate of drug-likeness (QED) is 0.122. The van der Waals surface area contributed by atoms with Crippen molar-refractivity contribution < 1.29 is 23.9 Å². The molecular weight excluding hydrogens is 492 g/mol. The first-order chi connectivity index (χ1) is 18.7. The van der Waals surface area contributed by atoms with E-state index in [2.05, 4.69) is 17.6 Å². The molecule has 2 amide bonds. The van der Waals surface area contributed by atoms with Crippen LogP contribution in [0.2, 0.25) is 0 Å². The molecule has 0 aromatic heterocycles. The molecule has 222 valence electrons. The highest BCUT2D eigenvalue weighted by Crippen LogP contribution is 2.12. The fourth-order valence-electron chi connectivity index (χ4n) is 4.28. The van der Waals surface area contributed by atoms with Gasteiger partial charge in [0.1, 0.15) is 18.2 Å². The molecule has 0 aliphatic heterocycles. The van der Waals surface area contributed by atoms with Gasteiger partial charge in [-0.25, -0.2) is 4.79 Å².